The number of allylic oxidation sites excluding steroid dienone is 3. The van der Waals surface area contributed by atoms with Gasteiger partial charge in [-0.3, -0.25) is 0 Å². The maximum absolute atomic E-state index is 3.62. The lowest BCUT2D eigenvalue weighted by Crippen LogP contribution is -2.26. The summed E-state index contributed by atoms with van der Waals surface area (Å²) in [5, 5.41) is 5.89. The molecule has 0 aliphatic rings. The van der Waals surface area contributed by atoms with Crippen molar-refractivity contribution in [2.45, 2.75) is 66.0 Å². The van der Waals surface area contributed by atoms with Crippen molar-refractivity contribution < 1.29 is 0 Å². The predicted molar refractivity (Wildman–Crippen MR) is 96.9 cm³/mol. The van der Waals surface area contributed by atoms with Crippen LogP contribution in [-0.4, -0.2) is 16.9 Å². The third-order valence-electron chi connectivity index (χ3n) is 3.68. The molecule has 1 N–H and O–H groups in total. The first kappa shape index (κ1) is 18.1. The van der Waals surface area contributed by atoms with Gasteiger partial charge in [0.15, 0.2) is 0 Å². The fraction of sp³-hybridized carbons (Fsp3) is 0.611. The molecule has 0 saturated carbocycles. The Hall–Kier alpha value is -0.960. The van der Waals surface area contributed by atoms with Gasteiger partial charge in [-0.2, -0.15) is 0 Å². The average molecular weight is 308 g/mol. The van der Waals surface area contributed by atoms with Gasteiger partial charge in [0, 0.05) is 18.3 Å². The normalized spacial score (nSPS) is 14.5. The van der Waals surface area contributed by atoms with Crippen molar-refractivity contribution in [1.82, 2.24) is 9.88 Å². The molecule has 0 aromatic carbocycles. The standard InChI is InChI=1S/C18H31N2S/c1-6-9-15(4)19-18(8-3)10-17-12-20(13-17)11-16(7-2)14-21-5/h8,12-15,19H,6-7,9-11H2,1-5H3/q-1/b16-14+,18-8-. The molecular weight excluding hydrogens is 276 g/mol. The number of aromatic nitrogens is 1. The van der Waals surface area contributed by atoms with E-state index in [4.69, 9.17) is 0 Å². The van der Waals surface area contributed by atoms with E-state index >= 15 is 0 Å². The van der Waals surface area contributed by atoms with E-state index in [0.717, 1.165) is 19.4 Å². The van der Waals surface area contributed by atoms with Crippen LogP contribution in [0.4, 0.5) is 0 Å². The van der Waals surface area contributed by atoms with E-state index < -0.39 is 0 Å². The average Bonchev–Trinajstić information content (AvgIpc) is 2.43. The van der Waals surface area contributed by atoms with Crippen LogP contribution in [0.15, 0.2) is 35.1 Å². The second-order valence-electron chi connectivity index (χ2n) is 5.70. The minimum atomic E-state index is 0.564. The topological polar surface area (TPSA) is 17.0 Å². The highest BCUT2D eigenvalue weighted by Gasteiger charge is 2.04. The molecule has 3 heteroatoms. The lowest BCUT2D eigenvalue weighted by atomic mass is 10.1. The first-order chi connectivity index (χ1) is 10.1. The number of hydrogen-bond donors (Lipinski definition) is 1. The quantitative estimate of drug-likeness (QED) is 0.606. The molecule has 1 atom stereocenters. The molecule has 0 aliphatic carbocycles. The molecule has 1 aromatic rings. The summed E-state index contributed by atoms with van der Waals surface area (Å²) in [7, 11) is 0. The van der Waals surface area contributed by atoms with Gasteiger partial charge in [-0.25, -0.2) is 0 Å². The summed E-state index contributed by atoms with van der Waals surface area (Å²) in [4.78, 5) is 0. The summed E-state index contributed by atoms with van der Waals surface area (Å²) < 4.78 is 2.30. The van der Waals surface area contributed by atoms with E-state index in [1.807, 2.05) is 0 Å². The molecule has 1 rings (SSSR count). The van der Waals surface area contributed by atoms with E-state index in [1.54, 1.807) is 11.8 Å². The second-order valence-corrected chi connectivity index (χ2v) is 6.40. The van der Waals surface area contributed by atoms with Crippen LogP contribution in [0.5, 0.6) is 0 Å². The lowest BCUT2D eigenvalue weighted by molar-refractivity contribution is 0.550. The van der Waals surface area contributed by atoms with Gasteiger partial charge in [0.1, 0.15) is 0 Å². The lowest BCUT2D eigenvalue weighted by Gasteiger charge is -2.25. The van der Waals surface area contributed by atoms with Crippen LogP contribution in [0.3, 0.4) is 0 Å². The highest BCUT2D eigenvalue weighted by molar-refractivity contribution is 8.01. The fourth-order valence-electron chi connectivity index (χ4n) is 2.51. The Morgan fingerprint density at radius 3 is 2.71 bits per heavy atom. The first-order valence-corrected chi connectivity index (χ1v) is 9.35. The molecule has 2 nitrogen and oxygen atoms in total. The largest absolute Gasteiger partial charge is 0.455 e. The van der Waals surface area contributed by atoms with Gasteiger partial charge in [0.25, 0.3) is 0 Å². The van der Waals surface area contributed by atoms with Crippen molar-refractivity contribution in [2.24, 2.45) is 0 Å². The van der Waals surface area contributed by atoms with Gasteiger partial charge in [-0.15, -0.1) is 29.7 Å². The van der Waals surface area contributed by atoms with Gasteiger partial charge < -0.3 is 9.88 Å². The van der Waals surface area contributed by atoms with Crippen molar-refractivity contribution in [3.05, 3.63) is 40.7 Å². The number of nitrogens with zero attached hydrogens (tertiary/aromatic N) is 1. The molecule has 0 bridgehead atoms. The number of hydrogen-bond acceptors (Lipinski definition) is 2. The molecule has 0 fully saturated rings. The number of rotatable bonds is 10. The number of thioether (sulfide) groups is 1. The molecule has 1 unspecified atom stereocenters. The zero-order chi connectivity index (χ0) is 15.7. The van der Waals surface area contributed by atoms with E-state index in [-0.39, 0.29) is 0 Å². The van der Waals surface area contributed by atoms with Gasteiger partial charge in [0.2, 0.25) is 0 Å². The fourth-order valence-corrected chi connectivity index (χ4v) is 3.08. The Morgan fingerprint density at radius 2 is 2.19 bits per heavy atom. The highest BCUT2D eigenvalue weighted by Crippen LogP contribution is 2.15. The Balaban J connectivity index is 2.46. The number of nitrogens with one attached hydrogen (secondary N) is 1. The molecule has 1 aromatic heterocycles. The van der Waals surface area contributed by atoms with Crippen molar-refractivity contribution in [3.63, 3.8) is 0 Å². The Kier molecular flexibility index (Phi) is 8.51. The SMILES string of the molecule is C/C=C(/Cc1cn(C/C(=C/SC)CC)[cH-]1)NC(C)CCC. The summed E-state index contributed by atoms with van der Waals surface area (Å²) >= 11 is 1.79. The van der Waals surface area contributed by atoms with Crippen LogP contribution in [0, 0.1) is 0 Å². The molecular formula is C18H31N2S-. The van der Waals surface area contributed by atoms with Crippen molar-refractivity contribution in [3.8, 4) is 0 Å². The minimum Gasteiger partial charge on any atom is -0.455 e. The monoisotopic (exact) mass is 307 g/mol. The van der Waals surface area contributed by atoms with E-state index in [2.05, 4.69) is 67.7 Å². The van der Waals surface area contributed by atoms with Crippen LogP contribution in [0.25, 0.3) is 0 Å². The summed E-state index contributed by atoms with van der Waals surface area (Å²) in [5.41, 5.74) is 4.25. The molecule has 120 valence electrons. The van der Waals surface area contributed by atoms with E-state index in [0.29, 0.717) is 6.04 Å². The van der Waals surface area contributed by atoms with Crippen LogP contribution in [0.1, 0.15) is 52.5 Å². The molecule has 0 spiro atoms. The molecule has 0 amide bonds. The molecule has 0 aliphatic heterocycles. The summed E-state index contributed by atoms with van der Waals surface area (Å²) in [6, 6.07) is 0.564. The Labute approximate surface area is 135 Å². The molecule has 1 heterocycles. The Bertz CT molecular complexity index is 439. The van der Waals surface area contributed by atoms with E-state index in [1.165, 1.54) is 29.7 Å². The van der Waals surface area contributed by atoms with Gasteiger partial charge in [0.05, 0.1) is 0 Å². The van der Waals surface area contributed by atoms with Gasteiger partial charge in [-0.05, 0) is 50.3 Å². The van der Waals surface area contributed by atoms with Crippen molar-refractivity contribution >= 4 is 11.8 Å². The highest BCUT2D eigenvalue weighted by atomic mass is 32.2. The smallest absolute Gasteiger partial charge is 0.0229 e. The third kappa shape index (κ3) is 6.56. The first-order valence-electron chi connectivity index (χ1n) is 8.06. The Morgan fingerprint density at radius 1 is 1.48 bits per heavy atom. The maximum atomic E-state index is 3.62. The summed E-state index contributed by atoms with van der Waals surface area (Å²) in [6.45, 7) is 9.88. The third-order valence-corrected chi connectivity index (χ3v) is 4.25. The van der Waals surface area contributed by atoms with Gasteiger partial charge in [-0.1, -0.05) is 26.3 Å². The van der Waals surface area contributed by atoms with Gasteiger partial charge >= 0.3 is 0 Å². The molecule has 21 heavy (non-hydrogen) atoms. The van der Waals surface area contributed by atoms with E-state index in [9.17, 15) is 0 Å². The predicted octanol–water partition coefficient (Wildman–Crippen LogP) is 5.09. The summed E-state index contributed by atoms with van der Waals surface area (Å²) in [6.07, 6.45) is 13.5. The molecule has 0 radical (unpaired) electrons. The van der Waals surface area contributed by atoms with Crippen LogP contribution in [-0.2, 0) is 13.0 Å². The molecule has 0 saturated heterocycles. The van der Waals surface area contributed by atoms with Crippen LogP contribution < -0.4 is 5.32 Å². The van der Waals surface area contributed by atoms with Crippen molar-refractivity contribution in [2.75, 3.05) is 6.26 Å². The second kappa shape index (κ2) is 9.88. The zero-order valence-electron chi connectivity index (χ0n) is 14.3. The van der Waals surface area contributed by atoms with Crippen LogP contribution >= 0.6 is 11.8 Å². The minimum absolute atomic E-state index is 0.564. The summed E-state index contributed by atoms with van der Waals surface area (Å²) in [5.74, 6) is 0. The zero-order valence-corrected chi connectivity index (χ0v) is 15.1. The van der Waals surface area contributed by atoms with Crippen molar-refractivity contribution in [1.29, 1.82) is 0 Å². The maximum Gasteiger partial charge on any atom is 0.0229 e. The van der Waals surface area contributed by atoms with Crippen LogP contribution in [0.2, 0.25) is 0 Å².